The molecular formula is C13H22N2O2S. The normalized spacial score (nSPS) is 11.9. The summed E-state index contributed by atoms with van der Waals surface area (Å²) in [6.45, 7) is 3.57. The van der Waals surface area contributed by atoms with Gasteiger partial charge in [0.05, 0.1) is 5.75 Å². The maximum atomic E-state index is 12.3. The molecule has 4 nitrogen and oxygen atoms in total. The van der Waals surface area contributed by atoms with Crippen molar-refractivity contribution in [2.45, 2.75) is 25.5 Å². The first-order chi connectivity index (χ1) is 8.60. The van der Waals surface area contributed by atoms with E-state index in [2.05, 4.69) is 0 Å². The van der Waals surface area contributed by atoms with Crippen molar-refractivity contribution in [3.05, 3.63) is 35.9 Å². The number of nitrogens with zero attached hydrogens (tertiary/aromatic N) is 1. The van der Waals surface area contributed by atoms with Crippen molar-refractivity contribution in [2.75, 3.05) is 19.6 Å². The lowest BCUT2D eigenvalue weighted by Gasteiger charge is -2.21. The van der Waals surface area contributed by atoms with Crippen LogP contribution in [0.25, 0.3) is 0 Å². The van der Waals surface area contributed by atoms with Crippen molar-refractivity contribution < 1.29 is 8.42 Å². The molecule has 0 bridgehead atoms. The van der Waals surface area contributed by atoms with Gasteiger partial charge in [0, 0.05) is 13.1 Å². The summed E-state index contributed by atoms with van der Waals surface area (Å²) in [5, 5.41) is 0. The van der Waals surface area contributed by atoms with Gasteiger partial charge in [-0.25, -0.2) is 12.7 Å². The van der Waals surface area contributed by atoms with Gasteiger partial charge in [-0.2, -0.15) is 0 Å². The second kappa shape index (κ2) is 7.51. The molecule has 1 aromatic rings. The Bertz CT molecular complexity index is 432. The lowest BCUT2D eigenvalue weighted by Crippen LogP contribution is -2.34. The van der Waals surface area contributed by atoms with Crippen molar-refractivity contribution in [2.24, 2.45) is 5.73 Å². The van der Waals surface area contributed by atoms with Crippen LogP contribution in [0, 0.1) is 0 Å². The second-order valence-electron chi connectivity index (χ2n) is 4.28. The molecule has 2 N–H and O–H groups in total. The minimum atomic E-state index is -3.23. The largest absolute Gasteiger partial charge is 0.330 e. The van der Waals surface area contributed by atoms with E-state index in [-0.39, 0.29) is 5.75 Å². The molecule has 0 radical (unpaired) electrons. The molecule has 0 fully saturated rings. The number of rotatable bonds is 8. The number of hydrogen-bond donors (Lipinski definition) is 1. The van der Waals surface area contributed by atoms with Crippen LogP contribution in [-0.4, -0.2) is 32.4 Å². The molecule has 0 saturated heterocycles. The SMILES string of the molecule is CCCN(CCCN)S(=O)(=O)Cc1ccccc1. The summed E-state index contributed by atoms with van der Waals surface area (Å²) in [6, 6.07) is 9.27. The fourth-order valence-electron chi connectivity index (χ4n) is 1.78. The third-order valence-electron chi connectivity index (χ3n) is 2.67. The maximum Gasteiger partial charge on any atom is 0.218 e. The quantitative estimate of drug-likeness (QED) is 0.780. The highest BCUT2D eigenvalue weighted by molar-refractivity contribution is 7.88. The van der Waals surface area contributed by atoms with Gasteiger partial charge < -0.3 is 5.73 Å². The molecule has 0 atom stereocenters. The Hall–Kier alpha value is -0.910. The molecule has 1 rings (SSSR count). The molecule has 18 heavy (non-hydrogen) atoms. The minimum Gasteiger partial charge on any atom is -0.330 e. The van der Waals surface area contributed by atoms with Crippen LogP contribution < -0.4 is 5.73 Å². The number of nitrogens with two attached hydrogens (primary N) is 1. The van der Waals surface area contributed by atoms with Gasteiger partial charge in [-0.05, 0) is 24.9 Å². The summed E-state index contributed by atoms with van der Waals surface area (Å²) in [5.74, 6) is 0.0679. The van der Waals surface area contributed by atoms with Gasteiger partial charge >= 0.3 is 0 Å². The van der Waals surface area contributed by atoms with E-state index in [1.807, 2.05) is 37.3 Å². The van der Waals surface area contributed by atoms with Crippen molar-refractivity contribution in [3.63, 3.8) is 0 Å². The lowest BCUT2D eigenvalue weighted by molar-refractivity contribution is 0.405. The van der Waals surface area contributed by atoms with Crippen molar-refractivity contribution in [3.8, 4) is 0 Å². The number of sulfonamides is 1. The highest BCUT2D eigenvalue weighted by atomic mass is 32.2. The van der Waals surface area contributed by atoms with Crippen LogP contribution in [-0.2, 0) is 15.8 Å². The first-order valence-electron chi connectivity index (χ1n) is 6.32. The summed E-state index contributed by atoms with van der Waals surface area (Å²) >= 11 is 0. The van der Waals surface area contributed by atoms with E-state index in [9.17, 15) is 8.42 Å². The Morgan fingerprint density at radius 1 is 1.17 bits per heavy atom. The van der Waals surface area contributed by atoms with E-state index in [1.54, 1.807) is 4.31 Å². The molecule has 0 unspecified atom stereocenters. The minimum absolute atomic E-state index is 0.0679. The van der Waals surface area contributed by atoms with Crippen LogP contribution in [0.2, 0.25) is 0 Å². The summed E-state index contributed by atoms with van der Waals surface area (Å²) in [4.78, 5) is 0. The first kappa shape index (κ1) is 15.1. The summed E-state index contributed by atoms with van der Waals surface area (Å²) in [6.07, 6.45) is 1.52. The predicted octanol–water partition coefficient (Wildman–Crippen LogP) is 1.58. The van der Waals surface area contributed by atoms with E-state index in [0.717, 1.165) is 12.0 Å². The summed E-state index contributed by atoms with van der Waals surface area (Å²) in [5.41, 5.74) is 6.27. The van der Waals surface area contributed by atoms with Gasteiger partial charge in [0.2, 0.25) is 10.0 Å². The monoisotopic (exact) mass is 270 g/mol. The molecule has 0 amide bonds. The van der Waals surface area contributed by atoms with E-state index in [0.29, 0.717) is 26.1 Å². The first-order valence-corrected chi connectivity index (χ1v) is 7.93. The van der Waals surface area contributed by atoms with Crippen molar-refractivity contribution >= 4 is 10.0 Å². The Balaban J connectivity index is 2.75. The molecular weight excluding hydrogens is 248 g/mol. The molecule has 0 aromatic heterocycles. The predicted molar refractivity (Wildman–Crippen MR) is 74.6 cm³/mol. The summed E-state index contributed by atoms with van der Waals surface area (Å²) < 4.78 is 26.1. The molecule has 5 heteroatoms. The average molecular weight is 270 g/mol. The van der Waals surface area contributed by atoms with Crippen LogP contribution in [0.1, 0.15) is 25.3 Å². The summed E-state index contributed by atoms with van der Waals surface area (Å²) in [7, 11) is -3.23. The van der Waals surface area contributed by atoms with Gasteiger partial charge in [0.15, 0.2) is 0 Å². The highest BCUT2D eigenvalue weighted by Gasteiger charge is 2.20. The highest BCUT2D eigenvalue weighted by Crippen LogP contribution is 2.11. The fourth-order valence-corrected chi connectivity index (χ4v) is 3.45. The lowest BCUT2D eigenvalue weighted by atomic mass is 10.2. The van der Waals surface area contributed by atoms with Crippen LogP contribution in [0.4, 0.5) is 0 Å². The molecule has 0 aliphatic rings. The maximum absolute atomic E-state index is 12.3. The standard InChI is InChI=1S/C13H22N2O2S/c1-2-10-15(11-6-9-14)18(16,17)12-13-7-4-3-5-8-13/h3-5,7-8H,2,6,9-12,14H2,1H3. The molecule has 0 aliphatic heterocycles. The molecule has 0 heterocycles. The van der Waals surface area contributed by atoms with Gasteiger partial charge in [0.25, 0.3) is 0 Å². The Kier molecular flexibility index (Phi) is 6.32. The van der Waals surface area contributed by atoms with E-state index in [1.165, 1.54) is 0 Å². The third kappa shape index (κ3) is 4.76. The van der Waals surface area contributed by atoms with Crippen molar-refractivity contribution in [1.29, 1.82) is 0 Å². The van der Waals surface area contributed by atoms with E-state index >= 15 is 0 Å². The zero-order chi connectivity index (χ0) is 13.4. The average Bonchev–Trinajstić information content (AvgIpc) is 2.35. The Morgan fingerprint density at radius 3 is 2.39 bits per heavy atom. The van der Waals surface area contributed by atoms with Crippen LogP contribution in [0.3, 0.4) is 0 Å². The fraction of sp³-hybridized carbons (Fsp3) is 0.538. The number of hydrogen-bond acceptors (Lipinski definition) is 3. The van der Waals surface area contributed by atoms with Gasteiger partial charge in [-0.15, -0.1) is 0 Å². The molecule has 102 valence electrons. The Morgan fingerprint density at radius 2 is 1.83 bits per heavy atom. The third-order valence-corrected chi connectivity index (χ3v) is 4.52. The second-order valence-corrected chi connectivity index (χ2v) is 6.25. The molecule has 0 spiro atoms. The van der Waals surface area contributed by atoms with Gasteiger partial charge in [-0.1, -0.05) is 37.3 Å². The van der Waals surface area contributed by atoms with Crippen LogP contribution >= 0.6 is 0 Å². The molecule has 0 aliphatic carbocycles. The van der Waals surface area contributed by atoms with Gasteiger partial charge in [-0.3, -0.25) is 0 Å². The topological polar surface area (TPSA) is 63.4 Å². The van der Waals surface area contributed by atoms with Crippen LogP contribution in [0.5, 0.6) is 0 Å². The zero-order valence-corrected chi connectivity index (χ0v) is 11.7. The number of benzene rings is 1. The van der Waals surface area contributed by atoms with Gasteiger partial charge in [0.1, 0.15) is 0 Å². The zero-order valence-electron chi connectivity index (χ0n) is 10.9. The smallest absolute Gasteiger partial charge is 0.218 e. The molecule has 0 saturated carbocycles. The molecule has 1 aromatic carbocycles. The van der Waals surface area contributed by atoms with Crippen LogP contribution in [0.15, 0.2) is 30.3 Å². The van der Waals surface area contributed by atoms with E-state index < -0.39 is 10.0 Å². The van der Waals surface area contributed by atoms with Crippen molar-refractivity contribution in [1.82, 2.24) is 4.31 Å². The Labute approximate surface area is 110 Å². The van der Waals surface area contributed by atoms with E-state index in [4.69, 9.17) is 5.73 Å².